The van der Waals surface area contributed by atoms with Crippen molar-refractivity contribution in [2.45, 2.75) is 57.8 Å². The Morgan fingerprint density at radius 1 is 1.35 bits per heavy atom. The third-order valence-electron chi connectivity index (χ3n) is 4.15. The highest BCUT2D eigenvalue weighted by atomic mass is 19.4. The van der Waals surface area contributed by atoms with Gasteiger partial charge in [0, 0.05) is 31.2 Å². The molecule has 1 aliphatic rings. The van der Waals surface area contributed by atoms with Gasteiger partial charge in [-0.15, -0.1) is 0 Å². The van der Waals surface area contributed by atoms with Crippen LogP contribution in [-0.2, 0) is 4.74 Å². The summed E-state index contributed by atoms with van der Waals surface area (Å²) in [6, 6.07) is 0.433. The zero-order valence-electron chi connectivity index (χ0n) is 12.7. The second-order valence-corrected chi connectivity index (χ2v) is 5.83. The molecular formula is C14H27F3N2O. The molecule has 20 heavy (non-hydrogen) atoms. The van der Waals surface area contributed by atoms with Crippen molar-refractivity contribution < 1.29 is 17.9 Å². The van der Waals surface area contributed by atoms with E-state index in [2.05, 4.69) is 31.0 Å². The molecular weight excluding hydrogens is 269 g/mol. The van der Waals surface area contributed by atoms with Crippen LogP contribution in [0.25, 0.3) is 0 Å². The van der Waals surface area contributed by atoms with Crippen LogP contribution in [0.15, 0.2) is 0 Å². The minimum Gasteiger partial charge on any atom is -0.371 e. The first kappa shape index (κ1) is 17.7. The van der Waals surface area contributed by atoms with E-state index in [0.29, 0.717) is 12.6 Å². The summed E-state index contributed by atoms with van der Waals surface area (Å²) in [6.45, 7) is 7.72. The first-order chi connectivity index (χ1) is 9.30. The van der Waals surface area contributed by atoms with Crippen molar-refractivity contribution >= 4 is 0 Å². The standard InChI is InChI=1S/C14H27F3N2O/c1-4-6-12-9-19(13(3,5-2)10-18-12)7-8-20-11-14(15,16)17/h12,18H,4-11H2,1-3H3. The van der Waals surface area contributed by atoms with E-state index in [1.165, 1.54) is 0 Å². The molecule has 0 aromatic heterocycles. The fraction of sp³-hybridized carbons (Fsp3) is 1.00. The van der Waals surface area contributed by atoms with Crippen LogP contribution in [0, 0.1) is 0 Å². The third kappa shape index (κ3) is 5.58. The van der Waals surface area contributed by atoms with Crippen molar-refractivity contribution in [3.05, 3.63) is 0 Å². The molecule has 1 fully saturated rings. The maximum atomic E-state index is 12.1. The maximum Gasteiger partial charge on any atom is 0.411 e. The fourth-order valence-corrected chi connectivity index (χ4v) is 2.64. The largest absolute Gasteiger partial charge is 0.411 e. The summed E-state index contributed by atoms with van der Waals surface area (Å²) in [7, 11) is 0. The molecule has 1 heterocycles. The Kier molecular flexibility index (Phi) is 6.75. The average molecular weight is 296 g/mol. The SMILES string of the molecule is CCCC1CN(CCOCC(F)(F)F)C(C)(CC)CN1. The summed E-state index contributed by atoms with van der Waals surface area (Å²) < 4.78 is 40.9. The van der Waals surface area contributed by atoms with Crippen LogP contribution in [0.1, 0.15) is 40.0 Å². The summed E-state index contributed by atoms with van der Waals surface area (Å²) in [5.41, 5.74) is 0.00579. The molecule has 2 atom stereocenters. The number of nitrogens with one attached hydrogen (secondary N) is 1. The predicted molar refractivity (Wildman–Crippen MR) is 73.8 cm³/mol. The lowest BCUT2D eigenvalue weighted by atomic mass is 9.91. The van der Waals surface area contributed by atoms with Crippen LogP contribution >= 0.6 is 0 Å². The van der Waals surface area contributed by atoms with E-state index in [9.17, 15) is 13.2 Å². The number of piperazine rings is 1. The predicted octanol–water partition coefficient (Wildman–Crippen LogP) is 2.81. The topological polar surface area (TPSA) is 24.5 Å². The first-order valence-corrected chi connectivity index (χ1v) is 7.43. The van der Waals surface area contributed by atoms with Gasteiger partial charge in [-0.1, -0.05) is 20.3 Å². The number of halogens is 3. The number of nitrogens with zero attached hydrogens (tertiary/aromatic N) is 1. The van der Waals surface area contributed by atoms with E-state index in [1.54, 1.807) is 0 Å². The Hall–Kier alpha value is -0.330. The van der Waals surface area contributed by atoms with E-state index >= 15 is 0 Å². The molecule has 1 aliphatic heterocycles. The van der Waals surface area contributed by atoms with Gasteiger partial charge in [0.1, 0.15) is 6.61 Å². The number of ether oxygens (including phenoxy) is 1. The second-order valence-electron chi connectivity index (χ2n) is 5.83. The molecule has 6 heteroatoms. The van der Waals surface area contributed by atoms with Crippen LogP contribution < -0.4 is 5.32 Å². The molecule has 0 radical (unpaired) electrons. The number of hydrogen-bond acceptors (Lipinski definition) is 3. The zero-order chi connectivity index (χ0) is 15.2. The lowest BCUT2D eigenvalue weighted by Crippen LogP contribution is -2.63. The van der Waals surface area contributed by atoms with Crippen molar-refractivity contribution in [3.8, 4) is 0 Å². The highest BCUT2D eigenvalue weighted by Gasteiger charge is 2.36. The average Bonchev–Trinajstić information content (AvgIpc) is 2.37. The van der Waals surface area contributed by atoms with Crippen molar-refractivity contribution in [2.75, 3.05) is 32.8 Å². The van der Waals surface area contributed by atoms with Gasteiger partial charge >= 0.3 is 6.18 Å². The quantitative estimate of drug-likeness (QED) is 0.731. The van der Waals surface area contributed by atoms with Crippen molar-refractivity contribution in [3.63, 3.8) is 0 Å². The van der Waals surface area contributed by atoms with Crippen LogP contribution in [0.5, 0.6) is 0 Å². The Bertz CT molecular complexity index is 286. The van der Waals surface area contributed by atoms with E-state index in [0.717, 1.165) is 32.4 Å². The Balaban J connectivity index is 2.44. The minimum absolute atomic E-state index is 0.00579. The molecule has 0 saturated carbocycles. The zero-order valence-corrected chi connectivity index (χ0v) is 12.7. The molecule has 1 rings (SSSR count). The molecule has 2 unspecified atom stereocenters. The Labute approximate surface area is 119 Å². The molecule has 1 N–H and O–H groups in total. The lowest BCUT2D eigenvalue weighted by molar-refractivity contribution is -0.175. The summed E-state index contributed by atoms with van der Waals surface area (Å²) in [4.78, 5) is 2.28. The molecule has 0 aliphatic carbocycles. The number of alkyl halides is 3. The lowest BCUT2D eigenvalue weighted by Gasteiger charge is -2.48. The van der Waals surface area contributed by atoms with Gasteiger partial charge in [0.15, 0.2) is 0 Å². The van der Waals surface area contributed by atoms with E-state index in [-0.39, 0.29) is 12.1 Å². The normalized spacial score (nSPS) is 28.8. The fourth-order valence-electron chi connectivity index (χ4n) is 2.64. The van der Waals surface area contributed by atoms with E-state index < -0.39 is 12.8 Å². The van der Waals surface area contributed by atoms with E-state index in [4.69, 9.17) is 4.74 Å². The van der Waals surface area contributed by atoms with Gasteiger partial charge in [0.2, 0.25) is 0 Å². The van der Waals surface area contributed by atoms with Crippen LogP contribution in [0.3, 0.4) is 0 Å². The summed E-state index contributed by atoms with van der Waals surface area (Å²) in [5, 5.41) is 3.54. The van der Waals surface area contributed by atoms with Gasteiger partial charge in [-0.05, 0) is 19.8 Å². The van der Waals surface area contributed by atoms with Crippen molar-refractivity contribution in [1.29, 1.82) is 0 Å². The molecule has 0 aromatic carbocycles. The summed E-state index contributed by atoms with van der Waals surface area (Å²) in [6.07, 6.45) is -1.06. The Morgan fingerprint density at radius 2 is 2.05 bits per heavy atom. The minimum atomic E-state index is -4.23. The molecule has 0 bridgehead atoms. The Morgan fingerprint density at radius 3 is 2.60 bits per heavy atom. The highest BCUT2D eigenvalue weighted by molar-refractivity contribution is 4.94. The third-order valence-corrected chi connectivity index (χ3v) is 4.15. The maximum absolute atomic E-state index is 12.1. The number of hydrogen-bond donors (Lipinski definition) is 1. The van der Waals surface area contributed by atoms with Gasteiger partial charge in [-0.25, -0.2) is 0 Å². The first-order valence-electron chi connectivity index (χ1n) is 7.43. The van der Waals surface area contributed by atoms with Crippen molar-refractivity contribution in [1.82, 2.24) is 10.2 Å². The van der Waals surface area contributed by atoms with Crippen LogP contribution in [0.2, 0.25) is 0 Å². The molecule has 1 saturated heterocycles. The molecule has 0 aromatic rings. The van der Waals surface area contributed by atoms with Gasteiger partial charge in [0.05, 0.1) is 6.61 Å². The smallest absolute Gasteiger partial charge is 0.371 e. The van der Waals surface area contributed by atoms with Crippen LogP contribution in [0.4, 0.5) is 13.2 Å². The monoisotopic (exact) mass is 296 g/mol. The molecule has 3 nitrogen and oxygen atoms in total. The number of rotatable bonds is 7. The van der Waals surface area contributed by atoms with Crippen LogP contribution in [-0.4, -0.2) is 55.5 Å². The molecule has 0 spiro atoms. The van der Waals surface area contributed by atoms with Gasteiger partial charge in [-0.2, -0.15) is 13.2 Å². The molecule has 0 amide bonds. The van der Waals surface area contributed by atoms with Gasteiger partial charge in [0.25, 0.3) is 0 Å². The van der Waals surface area contributed by atoms with Crippen molar-refractivity contribution in [2.24, 2.45) is 0 Å². The highest BCUT2D eigenvalue weighted by Crippen LogP contribution is 2.24. The summed E-state index contributed by atoms with van der Waals surface area (Å²) >= 11 is 0. The van der Waals surface area contributed by atoms with E-state index in [1.807, 2.05) is 0 Å². The second kappa shape index (κ2) is 7.61. The summed E-state index contributed by atoms with van der Waals surface area (Å²) in [5.74, 6) is 0. The molecule has 120 valence electrons. The van der Waals surface area contributed by atoms with Gasteiger partial charge < -0.3 is 10.1 Å². The van der Waals surface area contributed by atoms with Gasteiger partial charge in [-0.3, -0.25) is 4.90 Å².